The van der Waals surface area contributed by atoms with Crippen molar-refractivity contribution >= 4 is 33.2 Å². The summed E-state index contributed by atoms with van der Waals surface area (Å²) in [6.07, 6.45) is 4.63. The molecule has 0 aromatic carbocycles. The molecule has 0 N–H and O–H groups in total. The SMILES string of the molecule is CCC1CCCCN1C(=O)c1csc(Br)c1. The van der Waals surface area contributed by atoms with Crippen molar-refractivity contribution < 1.29 is 4.79 Å². The van der Waals surface area contributed by atoms with Gasteiger partial charge in [0.25, 0.3) is 5.91 Å². The maximum absolute atomic E-state index is 12.3. The topological polar surface area (TPSA) is 20.3 Å². The lowest BCUT2D eigenvalue weighted by Crippen LogP contribution is -2.43. The second-order valence-corrected chi connectivity index (χ2v) is 6.49. The van der Waals surface area contributed by atoms with Crippen molar-refractivity contribution in [3.63, 3.8) is 0 Å². The van der Waals surface area contributed by atoms with E-state index in [1.807, 2.05) is 11.4 Å². The minimum Gasteiger partial charge on any atom is -0.336 e. The van der Waals surface area contributed by atoms with E-state index in [0.29, 0.717) is 6.04 Å². The van der Waals surface area contributed by atoms with Crippen LogP contribution in [0.1, 0.15) is 43.0 Å². The number of hydrogen-bond acceptors (Lipinski definition) is 2. The van der Waals surface area contributed by atoms with Crippen LogP contribution in [0.4, 0.5) is 0 Å². The highest BCUT2D eigenvalue weighted by Crippen LogP contribution is 2.25. The summed E-state index contributed by atoms with van der Waals surface area (Å²) in [5.74, 6) is 0.202. The molecule has 1 aliphatic heterocycles. The van der Waals surface area contributed by atoms with Crippen molar-refractivity contribution in [2.24, 2.45) is 0 Å². The van der Waals surface area contributed by atoms with E-state index in [9.17, 15) is 4.79 Å². The van der Waals surface area contributed by atoms with E-state index < -0.39 is 0 Å². The lowest BCUT2D eigenvalue weighted by molar-refractivity contribution is 0.0608. The number of carbonyl (C=O) groups excluding carboxylic acids is 1. The Morgan fingerprint density at radius 3 is 3.06 bits per heavy atom. The summed E-state index contributed by atoms with van der Waals surface area (Å²) in [5.41, 5.74) is 0.831. The largest absolute Gasteiger partial charge is 0.336 e. The summed E-state index contributed by atoms with van der Waals surface area (Å²) >= 11 is 4.98. The second kappa shape index (κ2) is 5.32. The summed E-state index contributed by atoms with van der Waals surface area (Å²) in [4.78, 5) is 14.3. The molecule has 0 aliphatic carbocycles. The Balaban J connectivity index is 2.13. The second-order valence-electron chi connectivity index (χ2n) is 4.20. The van der Waals surface area contributed by atoms with Crippen LogP contribution in [-0.2, 0) is 0 Å². The number of halogens is 1. The highest BCUT2D eigenvalue weighted by atomic mass is 79.9. The van der Waals surface area contributed by atoms with Gasteiger partial charge in [0.2, 0.25) is 0 Å². The number of carbonyl (C=O) groups is 1. The molecule has 1 aromatic rings. The van der Waals surface area contributed by atoms with E-state index in [1.54, 1.807) is 11.3 Å². The Labute approximate surface area is 109 Å². The number of amides is 1. The Morgan fingerprint density at radius 1 is 1.62 bits per heavy atom. The average Bonchev–Trinajstić information content (AvgIpc) is 2.75. The lowest BCUT2D eigenvalue weighted by Gasteiger charge is -2.35. The third-order valence-electron chi connectivity index (χ3n) is 3.17. The first-order valence-electron chi connectivity index (χ1n) is 5.77. The van der Waals surface area contributed by atoms with Crippen LogP contribution in [0.25, 0.3) is 0 Å². The van der Waals surface area contributed by atoms with Crippen molar-refractivity contribution in [1.29, 1.82) is 0 Å². The van der Waals surface area contributed by atoms with Gasteiger partial charge in [0, 0.05) is 18.0 Å². The summed E-state index contributed by atoms with van der Waals surface area (Å²) in [6.45, 7) is 3.09. The average molecular weight is 302 g/mol. The van der Waals surface area contributed by atoms with Gasteiger partial charge in [-0.25, -0.2) is 0 Å². The van der Waals surface area contributed by atoms with Crippen molar-refractivity contribution in [2.75, 3.05) is 6.54 Å². The molecule has 1 unspecified atom stereocenters. The number of rotatable bonds is 2. The molecular formula is C12H16BrNOS. The first-order valence-corrected chi connectivity index (χ1v) is 7.44. The zero-order valence-corrected chi connectivity index (χ0v) is 11.8. The standard InChI is InChI=1S/C12H16BrNOS/c1-2-10-5-3-4-6-14(10)12(15)9-7-11(13)16-8-9/h7-8,10H,2-6H2,1H3. The highest BCUT2D eigenvalue weighted by molar-refractivity contribution is 9.11. The molecule has 0 spiro atoms. The monoisotopic (exact) mass is 301 g/mol. The molecule has 1 saturated heterocycles. The molecule has 2 rings (SSSR count). The van der Waals surface area contributed by atoms with Crippen molar-refractivity contribution in [3.05, 3.63) is 20.8 Å². The van der Waals surface area contributed by atoms with Crippen LogP contribution in [0.15, 0.2) is 15.2 Å². The smallest absolute Gasteiger partial charge is 0.254 e. The summed E-state index contributed by atoms with van der Waals surface area (Å²) in [6, 6.07) is 2.37. The molecule has 2 heterocycles. The van der Waals surface area contributed by atoms with Gasteiger partial charge < -0.3 is 4.90 Å². The van der Waals surface area contributed by atoms with E-state index >= 15 is 0 Å². The normalized spacial score (nSPS) is 21.1. The van der Waals surface area contributed by atoms with Gasteiger partial charge in [-0.2, -0.15) is 0 Å². The van der Waals surface area contributed by atoms with E-state index in [2.05, 4.69) is 27.8 Å². The molecule has 0 saturated carbocycles. The summed E-state index contributed by atoms with van der Waals surface area (Å²) in [7, 11) is 0. The summed E-state index contributed by atoms with van der Waals surface area (Å²) in [5, 5.41) is 1.94. The third-order valence-corrected chi connectivity index (χ3v) is 4.68. The number of nitrogens with zero attached hydrogens (tertiary/aromatic N) is 1. The zero-order valence-electron chi connectivity index (χ0n) is 9.41. The molecule has 0 bridgehead atoms. The molecule has 1 aromatic heterocycles. The molecule has 0 radical (unpaired) electrons. The number of thiophene rings is 1. The molecule has 1 amide bonds. The minimum absolute atomic E-state index is 0.202. The molecule has 88 valence electrons. The Morgan fingerprint density at radius 2 is 2.44 bits per heavy atom. The lowest BCUT2D eigenvalue weighted by atomic mass is 9.99. The van der Waals surface area contributed by atoms with Crippen LogP contribution in [0.5, 0.6) is 0 Å². The van der Waals surface area contributed by atoms with Crippen LogP contribution in [0, 0.1) is 0 Å². The molecule has 4 heteroatoms. The van der Waals surface area contributed by atoms with Gasteiger partial charge in [-0.05, 0) is 47.7 Å². The fraction of sp³-hybridized carbons (Fsp3) is 0.583. The molecular weight excluding hydrogens is 286 g/mol. The van der Waals surface area contributed by atoms with Crippen LogP contribution >= 0.6 is 27.3 Å². The number of piperidine rings is 1. The van der Waals surface area contributed by atoms with Gasteiger partial charge >= 0.3 is 0 Å². The van der Waals surface area contributed by atoms with Crippen molar-refractivity contribution in [3.8, 4) is 0 Å². The third kappa shape index (κ3) is 2.48. The summed E-state index contributed by atoms with van der Waals surface area (Å²) < 4.78 is 1.03. The molecule has 1 atom stereocenters. The quantitative estimate of drug-likeness (QED) is 0.811. The van der Waals surface area contributed by atoms with E-state index in [1.165, 1.54) is 6.42 Å². The fourth-order valence-corrected chi connectivity index (χ4v) is 3.41. The van der Waals surface area contributed by atoms with Crippen LogP contribution in [0.3, 0.4) is 0 Å². The van der Waals surface area contributed by atoms with Gasteiger partial charge in [-0.3, -0.25) is 4.79 Å². The Hall–Kier alpha value is -0.350. The van der Waals surface area contributed by atoms with Gasteiger partial charge in [0.1, 0.15) is 0 Å². The maximum Gasteiger partial charge on any atom is 0.254 e. The molecule has 1 aliphatic rings. The molecule has 2 nitrogen and oxygen atoms in total. The Kier molecular flexibility index (Phi) is 4.03. The number of hydrogen-bond donors (Lipinski definition) is 0. The number of likely N-dealkylation sites (tertiary alicyclic amines) is 1. The van der Waals surface area contributed by atoms with Gasteiger partial charge in [0.05, 0.1) is 9.35 Å². The van der Waals surface area contributed by atoms with Crippen LogP contribution in [0.2, 0.25) is 0 Å². The Bertz CT molecular complexity index is 377. The van der Waals surface area contributed by atoms with Gasteiger partial charge in [-0.1, -0.05) is 6.92 Å². The van der Waals surface area contributed by atoms with Gasteiger partial charge in [-0.15, -0.1) is 11.3 Å². The van der Waals surface area contributed by atoms with E-state index in [4.69, 9.17) is 0 Å². The predicted molar refractivity (Wildman–Crippen MR) is 71.0 cm³/mol. The van der Waals surface area contributed by atoms with E-state index in [-0.39, 0.29) is 5.91 Å². The fourth-order valence-electron chi connectivity index (χ4n) is 2.28. The molecule has 1 fully saturated rings. The van der Waals surface area contributed by atoms with Crippen molar-refractivity contribution in [1.82, 2.24) is 4.90 Å². The van der Waals surface area contributed by atoms with E-state index in [0.717, 1.165) is 35.2 Å². The first kappa shape index (κ1) is 12.1. The zero-order chi connectivity index (χ0) is 11.5. The highest BCUT2D eigenvalue weighted by Gasteiger charge is 2.26. The molecule has 16 heavy (non-hydrogen) atoms. The van der Waals surface area contributed by atoms with Gasteiger partial charge in [0.15, 0.2) is 0 Å². The first-order chi connectivity index (χ1) is 7.72. The van der Waals surface area contributed by atoms with Crippen LogP contribution < -0.4 is 0 Å². The predicted octanol–water partition coefficient (Wildman–Crippen LogP) is 3.92. The van der Waals surface area contributed by atoms with Crippen LogP contribution in [-0.4, -0.2) is 23.4 Å². The maximum atomic E-state index is 12.3. The van der Waals surface area contributed by atoms with Crippen molar-refractivity contribution in [2.45, 2.75) is 38.6 Å². The minimum atomic E-state index is 0.202.